The lowest BCUT2D eigenvalue weighted by Crippen LogP contribution is -2.24. The standard InChI is InChI=1S/C39H73NO8/c1-35(37(42)26-18-13-11-9-7-5-3-4-6-8-10-12-14-19-28-39(44)45)24-23-27-38(43)40-29-20-16-22-31-48-34-36(41)25-17-15-21-30-47-33-32-46-2/h35H,3-34H2,1-2H3,(H,40,43)(H,44,45). The number of aliphatic carboxylic acids is 1. The molecule has 9 heteroatoms. The fraction of sp³-hybridized carbons (Fsp3) is 0.897. The maximum absolute atomic E-state index is 12.5. The molecule has 1 unspecified atom stereocenters. The first kappa shape index (κ1) is 46.2. The van der Waals surface area contributed by atoms with Gasteiger partial charge in [0.15, 0.2) is 5.78 Å². The number of hydrogen-bond donors (Lipinski definition) is 2. The van der Waals surface area contributed by atoms with Gasteiger partial charge in [-0.25, -0.2) is 0 Å². The van der Waals surface area contributed by atoms with Gasteiger partial charge in [0, 0.05) is 58.5 Å². The van der Waals surface area contributed by atoms with E-state index in [4.69, 9.17) is 19.3 Å². The predicted molar refractivity (Wildman–Crippen MR) is 193 cm³/mol. The highest BCUT2D eigenvalue weighted by atomic mass is 16.5. The van der Waals surface area contributed by atoms with Gasteiger partial charge in [-0.1, -0.05) is 90.4 Å². The Morgan fingerprint density at radius 1 is 0.542 bits per heavy atom. The Morgan fingerprint density at radius 3 is 1.62 bits per heavy atom. The SMILES string of the molecule is COCCOCCCCCC(=O)COCCCCCNC(=O)CCCC(C)C(=O)CCCCCCCCCCCCCCCCC(=O)O. The molecule has 0 fully saturated rings. The number of rotatable bonds is 39. The minimum Gasteiger partial charge on any atom is -0.481 e. The Kier molecular flexibility index (Phi) is 35.0. The van der Waals surface area contributed by atoms with Gasteiger partial charge in [-0.2, -0.15) is 0 Å². The normalized spacial score (nSPS) is 11.9. The van der Waals surface area contributed by atoms with Crippen molar-refractivity contribution in [2.24, 2.45) is 5.92 Å². The third kappa shape index (κ3) is 35.5. The zero-order chi connectivity index (χ0) is 35.3. The largest absolute Gasteiger partial charge is 0.481 e. The lowest BCUT2D eigenvalue weighted by Gasteiger charge is -2.11. The van der Waals surface area contributed by atoms with Gasteiger partial charge in [-0.3, -0.25) is 19.2 Å². The minimum atomic E-state index is -0.684. The summed E-state index contributed by atoms with van der Waals surface area (Å²) in [6, 6.07) is 0. The molecule has 0 bridgehead atoms. The first-order chi connectivity index (χ1) is 23.4. The van der Waals surface area contributed by atoms with Gasteiger partial charge < -0.3 is 24.6 Å². The van der Waals surface area contributed by atoms with Crippen LogP contribution in [0, 0.1) is 5.92 Å². The van der Waals surface area contributed by atoms with Gasteiger partial charge in [0.1, 0.15) is 12.4 Å². The Balaban J connectivity index is 3.44. The summed E-state index contributed by atoms with van der Waals surface area (Å²) in [5, 5.41) is 11.6. The maximum Gasteiger partial charge on any atom is 0.303 e. The summed E-state index contributed by atoms with van der Waals surface area (Å²) in [5.74, 6) is -0.111. The van der Waals surface area contributed by atoms with Crippen LogP contribution in [0.15, 0.2) is 0 Å². The van der Waals surface area contributed by atoms with Gasteiger partial charge >= 0.3 is 5.97 Å². The summed E-state index contributed by atoms with van der Waals surface area (Å²) in [5.41, 5.74) is 0. The zero-order valence-electron chi connectivity index (χ0n) is 31.0. The summed E-state index contributed by atoms with van der Waals surface area (Å²) >= 11 is 0. The molecule has 0 radical (unpaired) electrons. The van der Waals surface area contributed by atoms with Crippen molar-refractivity contribution in [3.8, 4) is 0 Å². The number of unbranched alkanes of at least 4 members (excludes halogenated alkanes) is 17. The van der Waals surface area contributed by atoms with Crippen molar-refractivity contribution in [3.63, 3.8) is 0 Å². The van der Waals surface area contributed by atoms with Gasteiger partial charge in [0.2, 0.25) is 5.91 Å². The molecule has 0 saturated heterocycles. The van der Waals surface area contributed by atoms with Crippen LogP contribution in [-0.2, 0) is 33.4 Å². The van der Waals surface area contributed by atoms with E-state index >= 15 is 0 Å². The smallest absolute Gasteiger partial charge is 0.303 e. The van der Waals surface area contributed by atoms with E-state index in [1.165, 1.54) is 57.8 Å². The Bertz CT molecular complexity index is 775. The van der Waals surface area contributed by atoms with Crippen LogP contribution in [0.2, 0.25) is 0 Å². The van der Waals surface area contributed by atoms with Crippen LogP contribution in [0.1, 0.15) is 174 Å². The number of nitrogens with one attached hydrogen (secondary N) is 1. The molecule has 1 atom stereocenters. The molecular weight excluding hydrogens is 610 g/mol. The van der Waals surface area contributed by atoms with Crippen LogP contribution in [0.4, 0.5) is 0 Å². The molecule has 0 rings (SSSR count). The van der Waals surface area contributed by atoms with Crippen molar-refractivity contribution in [1.29, 1.82) is 0 Å². The number of ether oxygens (including phenoxy) is 3. The van der Waals surface area contributed by atoms with Crippen LogP contribution >= 0.6 is 0 Å². The molecule has 0 aromatic heterocycles. The van der Waals surface area contributed by atoms with Crippen molar-refractivity contribution in [2.45, 2.75) is 174 Å². The molecule has 0 aliphatic carbocycles. The van der Waals surface area contributed by atoms with E-state index in [2.05, 4.69) is 5.32 Å². The van der Waals surface area contributed by atoms with Crippen molar-refractivity contribution < 1.29 is 38.5 Å². The Hall–Kier alpha value is -1.84. The van der Waals surface area contributed by atoms with Gasteiger partial charge in [-0.15, -0.1) is 0 Å². The van der Waals surface area contributed by atoms with E-state index in [0.717, 1.165) is 83.5 Å². The van der Waals surface area contributed by atoms with E-state index in [1.54, 1.807) is 7.11 Å². The highest BCUT2D eigenvalue weighted by molar-refractivity contribution is 5.81. The van der Waals surface area contributed by atoms with Gasteiger partial charge in [0.25, 0.3) is 0 Å². The van der Waals surface area contributed by atoms with Crippen LogP contribution in [0.25, 0.3) is 0 Å². The van der Waals surface area contributed by atoms with Crippen molar-refractivity contribution in [3.05, 3.63) is 0 Å². The summed E-state index contributed by atoms with van der Waals surface area (Å²) in [7, 11) is 1.66. The molecular formula is C39H73NO8. The Morgan fingerprint density at radius 2 is 1.04 bits per heavy atom. The zero-order valence-corrected chi connectivity index (χ0v) is 31.0. The molecule has 0 aliphatic rings. The second-order valence-electron chi connectivity index (χ2n) is 13.5. The number of carboxylic acids is 1. The second-order valence-corrected chi connectivity index (χ2v) is 13.5. The van der Waals surface area contributed by atoms with Gasteiger partial charge in [-0.05, 0) is 57.8 Å². The van der Waals surface area contributed by atoms with E-state index < -0.39 is 5.97 Å². The van der Waals surface area contributed by atoms with Crippen LogP contribution in [-0.4, -0.2) is 75.2 Å². The first-order valence-corrected chi connectivity index (χ1v) is 19.5. The number of Topliss-reactive ketones (excluding diaryl/α,β-unsaturated/α-hetero) is 2. The van der Waals surface area contributed by atoms with E-state index in [0.29, 0.717) is 64.4 Å². The molecule has 1 amide bonds. The number of ketones is 2. The highest BCUT2D eigenvalue weighted by Crippen LogP contribution is 2.16. The fourth-order valence-corrected chi connectivity index (χ4v) is 5.70. The number of carbonyl (C=O) groups is 4. The molecule has 282 valence electrons. The monoisotopic (exact) mass is 684 g/mol. The maximum atomic E-state index is 12.5. The van der Waals surface area contributed by atoms with Crippen molar-refractivity contribution in [2.75, 3.05) is 46.7 Å². The first-order valence-electron chi connectivity index (χ1n) is 19.5. The summed E-state index contributed by atoms with van der Waals surface area (Å²) in [6.07, 6.45) is 25.6. The Labute approximate surface area is 293 Å². The molecule has 0 aromatic rings. The number of amides is 1. The molecule has 0 aliphatic heterocycles. The molecule has 0 aromatic carbocycles. The second kappa shape index (κ2) is 36.4. The topological polar surface area (TPSA) is 128 Å². The molecule has 0 spiro atoms. The van der Waals surface area contributed by atoms with E-state index in [1.807, 2.05) is 6.92 Å². The van der Waals surface area contributed by atoms with Crippen molar-refractivity contribution >= 4 is 23.4 Å². The quantitative estimate of drug-likeness (QED) is 0.0616. The summed E-state index contributed by atoms with van der Waals surface area (Å²) in [6.45, 7) is 5.35. The van der Waals surface area contributed by atoms with E-state index in [-0.39, 0.29) is 24.2 Å². The van der Waals surface area contributed by atoms with Crippen LogP contribution < -0.4 is 5.32 Å². The van der Waals surface area contributed by atoms with Crippen molar-refractivity contribution in [1.82, 2.24) is 5.32 Å². The average Bonchev–Trinajstić information content (AvgIpc) is 3.06. The summed E-state index contributed by atoms with van der Waals surface area (Å²) < 4.78 is 15.8. The lowest BCUT2D eigenvalue weighted by atomic mass is 9.95. The van der Waals surface area contributed by atoms with Crippen LogP contribution in [0.5, 0.6) is 0 Å². The molecule has 48 heavy (non-hydrogen) atoms. The molecule has 9 nitrogen and oxygen atoms in total. The summed E-state index contributed by atoms with van der Waals surface area (Å²) in [4.78, 5) is 47.0. The lowest BCUT2D eigenvalue weighted by molar-refractivity contribution is -0.137. The number of hydrogen-bond acceptors (Lipinski definition) is 7. The van der Waals surface area contributed by atoms with Crippen LogP contribution in [0.3, 0.4) is 0 Å². The number of carboxylic acid groups (broad SMARTS) is 1. The third-order valence-corrected chi connectivity index (χ3v) is 8.88. The minimum absolute atomic E-state index is 0.0280. The van der Waals surface area contributed by atoms with Gasteiger partial charge in [0.05, 0.1) is 13.2 Å². The fourth-order valence-electron chi connectivity index (χ4n) is 5.70. The molecule has 2 N–H and O–H groups in total. The predicted octanol–water partition coefficient (Wildman–Crippen LogP) is 8.78. The highest BCUT2D eigenvalue weighted by Gasteiger charge is 2.13. The number of carbonyl (C=O) groups excluding carboxylic acids is 3. The third-order valence-electron chi connectivity index (χ3n) is 8.88. The molecule has 0 heterocycles. The van der Waals surface area contributed by atoms with E-state index in [9.17, 15) is 19.2 Å². The molecule has 0 saturated carbocycles. The number of methoxy groups -OCH3 is 1. The average molecular weight is 684 g/mol.